The van der Waals surface area contributed by atoms with Crippen molar-refractivity contribution in [1.82, 2.24) is 4.90 Å². The second kappa shape index (κ2) is 7.00. The number of para-hydroxylation sites is 1. The van der Waals surface area contributed by atoms with Gasteiger partial charge in [-0.2, -0.15) is 0 Å². The molecule has 2 aromatic carbocycles. The lowest BCUT2D eigenvalue weighted by Gasteiger charge is -2.33. The summed E-state index contributed by atoms with van der Waals surface area (Å²) >= 11 is 0. The van der Waals surface area contributed by atoms with E-state index in [0.29, 0.717) is 18.1 Å². The van der Waals surface area contributed by atoms with Gasteiger partial charge >= 0.3 is 0 Å². The quantitative estimate of drug-likeness (QED) is 0.838. The number of benzene rings is 2. The van der Waals surface area contributed by atoms with Crippen LogP contribution in [0.4, 0.5) is 15.8 Å². The summed E-state index contributed by atoms with van der Waals surface area (Å²) < 4.78 is 13.5. The number of hydrogen-bond acceptors (Lipinski definition) is 3. The van der Waals surface area contributed by atoms with Crippen molar-refractivity contribution < 1.29 is 9.18 Å². The van der Waals surface area contributed by atoms with Crippen LogP contribution in [0.15, 0.2) is 53.5 Å². The predicted octanol–water partition coefficient (Wildman–Crippen LogP) is 3.98. The highest BCUT2D eigenvalue weighted by Gasteiger charge is 2.35. The van der Waals surface area contributed by atoms with Gasteiger partial charge in [0.15, 0.2) is 0 Å². The fourth-order valence-electron chi connectivity index (χ4n) is 3.59. The van der Waals surface area contributed by atoms with Gasteiger partial charge < -0.3 is 0 Å². The van der Waals surface area contributed by atoms with Crippen LogP contribution < -0.4 is 4.90 Å². The smallest absolute Gasteiger partial charge is 0.278 e. The summed E-state index contributed by atoms with van der Waals surface area (Å²) in [6, 6.07) is 13.7. The monoisotopic (exact) mass is 351 g/mol. The van der Waals surface area contributed by atoms with Crippen molar-refractivity contribution in [3.63, 3.8) is 0 Å². The Morgan fingerprint density at radius 2 is 1.88 bits per heavy atom. The van der Waals surface area contributed by atoms with Crippen LogP contribution in [-0.2, 0) is 4.79 Å². The maximum atomic E-state index is 13.5. The Hall–Kier alpha value is -2.53. The van der Waals surface area contributed by atoms with Gasteiger partial charge in [-0.25, -0.2) is 9.38 Å². The first kappa shape index (κ1) is 16.9. The lowest BCUT2D eigenvalue weighted by atomic mass is 10.00. The first-order valence-corrected chi connectivity index (χ1v) is 9.10. The molecule has 2 aliphatic heterocycles. The fraction of sp³-hybridized carbons (Fsp3) is 0.333. The highest BCUT2D eigenvalue weighted by Crippen LogP contribution is 2.31. The largest absolute Gasteiger partial charge is 0.293 e. The molecule has 26 heavy (non-hydrogen) atoms. The number of hydrogen-bond donors (Lipinski definition) is 0. The van der Waals surface area contributed by atoms with Gasteiger partial charge in [0.05, 0.1) is 18.0 Å². The molecule has 0 atom stereocenters. The number of rotatable bonds is 3. The minimum absolute atomic E-state index is 0.117. The lowest BCUT2D eigenvalue weighted by molar-refractivity contribution is -0.112. The number of amides is 1. The minimum Gasteiger partial charge on any atom is -0.293 e. The van der Waals surface area contributed by atoms with Gasteiger partial charge in [-0.3, -0.25) is 14.6 Å². The summed E-state index contributed by atoms with van der Waals surface area (Å²) in [6.07, 6.45) is 2.32. The van der Waals surface area contributed by atoms with Crippen LogP contribution in [0.1, 0.15) is 25.3 Å². The zero-order chi connectivity index (χ0) is 18.1. The summed E-state index contributed by atoms with van der Waals surface area (Å²) in [4.78, 5) is 21.6. The van der Waals surface area contributed by atoms with Gasteiger partial charge in [-0.05, 0) is 43.0 Å². The van der Waals surface area contributed by atoms with Crippen molar-refractivity contribution in [3.8, 4) is 0 Å². The molecule has 0 bridgehead atoms. The zero-order valence-corrected chi connectivity index (χ0v) is 14.9. The Labute approximate surface area is 153 Å². The molecule has 1 saturated heterocycles. The molecule has 1 amide bonds. The number of carbonyl (C=O) groups excluding carboxylic acids is 1. The molecular formula is C21H22FN3O. The third-order valence-corrected chi connectivity index (χ3v) is 5.16. The van der Waals surface area contributed by atoms with Crippen molar-refractivity contribution >= 4 is 23.0 Å². The average molecular weight is 351 g/mol. The predicted molar refractivity (Wildman–Crippen MR) is 101 cm³/mol. The topological polar surface area (TPSA) is 35.9 Å². The summed E-state index contributed by atoms with van der Waals surface area (Å²) in [5.41, 5.74) is 2.53. The number of fused-ring (bicyclic) bond motifs is 1. The van der Waals surface area contributed by atoms with Crippen LogP contribution in [0.5, 0.6) is 0 Å². The van der Waals surface area contributed by atoms with E-state index in [9.17, 15) is 9.18 Å². The Balaban J connectivity index is 1.64. The summed E-state index contributed by atoms with van der Waals surface area (Å²) in [5.74, 6) is 0.275. The third kappa shape index (κ3) is 3.27. The van der Waals surface area contributed by atoms with Gasteiger partial charge in [-0.15, -0.1) is 0 Å². The van der Waals surface area contributed by atoms with Crippen molar-refractivity contribution in [2.24, 2.45) is 10.9 Å². The van der Waals surface area contributed by atoms with Gasteiger partial charge in [0.25, 0.3) is 5.91 Å². The fourth-order valence-corrected chi connectivity index (χ4v) is 3.59. The first-order valence-electron chi connectivity index (χ1n) is 9.10. The molecule has 0 N–H and O–H groups in total. The van der Waals surface area contributed by atoms with E-state index in [1.165, 1.54) is 12.1 Å². The van der Waals surface area contributed by atoms with Crippen LogP contribution in [0, 0.1) is 11.7 Å². The van der Waals surface area contributed by atoms with E-state index in [0.717, 1.165) is 43.1 Å². The molecule has 5 heteroatoms. The molecule has 2 aliphatic rings. The molecule has 1 fully saturated rings. The number of halogens is 1. The highest BCUT2D eigenvalue weighted by atomic mass is 19.1. The molecule has 2 heterocycles. The van der Waals surface area contributed by atoms with E-state index in [1.54, 1.807) is 17.0 Å². The number of aliphatic imine (C=N–C) groups is 1. The SMILES string of the molecule is CC1CCN(CN2C(=O)C(=Nc3cccc(F)c3)c3ccccc32)CC1. The number of carbonyl (C=O) groups is 1. The van der Waals surface area contributed by atoms with E-state index in [4.69, 9.17) is 0 Å². The Morgan fingerprint density at radius 1 is 1.12 bits per heavy atom. The standard InChI is InChI=1S/C21H22FN3O/c1-15-9-11-24(12-10-15)14-25-19-8-3-2-7-18(19)20(21(25)26)23-17-6-4-5-16(22)13-17/h2-8,13,15H,9-12,14H2,1H3. The van der Waals surface area contributed by atoms with E-state index < -0.39 is 0 Å². The second-order valence-corrected chi connectivity index (χ2v) is 7.13. The van der Waals surface area contributed by atoms with Crippen molar-refractivity contribution in [1.29, 1.82) is 0 Å². The summed E-state index contributed by atoms with van der Waals surface area (Å²) in [7, 11) is 0. The number of anilines is 1. The molecule has 0 aliphatic carbocycles. The molecule has 2 aromatic rings. The second-order valence-electron chi connectivity index (χ2n) is 7.13. The third-order valence-electron chi connectivity index (χ3n) is 5.16. The minimum atomic E-state index is -0.357. The van der Waals surface area contributed by atoms with Crippen LogP contribution in [-0.4, -0.2) is 36.3 Å². The lowest BCUT2D eigenvalue weighted by Crippen LogP contribution is -2.44. The van der Waals surface area contributed by atoms with E-state index >= 15 is 0 Å². The van der Waals surface area contributed by atoms with Gasteiger partial charge in [-0.1, -0.05) is 31.2 Å². The molecule has 0 saturated carbocycles. The van der Waals surface area contributed by atoms with Crippen molar-refractivity contribution in [2.75, 3.05) is 24.7 Å². The maximum absolute atomic E-state index is 13.5. The Bertz CT molecular complexity index is 856. The normalized spacial score (nSPS) is 20.0. The first-order chi connectivity index (χ1) is 12.6. The molecule has 0 radical (unpaired) electrons. The molecule has 0 unspecified atom stereocenters. The van der Waals surface area contributed by atoms with Crippen LogP contribution in [0.25, 0.3) is 0 Å². The van der Waals surface area contributed by atoms with Gasteiger partial charge in [0, 0.05) is 18.7 Å². The van der Waals surface area contributed by atoms with Crippen LogP contribution >= 0.6 is 0 Å². The van der Waals surface area contributed by atoms with Crippen LogP contribution in [0.2, 0.25) is 0 Å². The molecule has 4 rings (SSSR count). The average Bonchev–Trinajstić information content (AvgIpc) is 2.90. The number of nitrogens with zero attached hydrogens (tertiary/aromatic N) is 3. The van der Waals surface area contributed by atoms with Gasteiger partial charge in [0.1, 0.15) is 11.5 Å². The Morgan fingerprint density at radius 3 is 2.65 bits per heavy atom. The molecule has 134 valence electrons. The van der Waals surface area contributed by atoms with Crippen LogP contribution in [0.3, 0.4) is 0 Å². The number of likely N-dealkylation sites (tertiary alicyclic amines) is 1. The summed E-state index contributed by atoms with van der Waals surface area (Å²) in [5, 5.41) is 0. The maximum Gasteiger partial charge on any atom is 0.278 e. The number of piperidine rings is 1. The van der Waals surface area contributed by atoms with E-state index in [1.807, 2.05) is 24.3 Å². The van der Waals surface area contributed by atoms with E-state index in [-0.39, 0.29) is 11.7 Å². The molecule has 0 aromatic heterocycles. The molecular weight excluding hydrogens is 329 g/mol. The molecule has 0 spiro atoms. The molecule has 4 nitrogen and oxygen atoms in total. The summed E-state index contributed by atoms with van der Waals surface area (Å²) in [6.45, 7) is 4.86. The van der Waals surface area contributed by atoms with Gasteiger partial charge in [0.2, 0.25) is 0 Å². The van der Waals surface area contributed by atoms with Crippen molar-refractivity contribution in [2.45, 2.75) is 19.8 Å². The highest BCUT2D eigenvalue weighted by molar-refractivity contribution is 6.54. The Kier molecular flexibility index (Phi) is 4.55. The zero-order valence-electron chi connectivity index (χ0n) is 14.9. The van der Waals surface area contributed by atoms with E-state index in [2.05, 4.69) is 16.8 Å². The van der Waals surface area contributed by atoms with Crippen molar-refractivity contribution in [3.05, 3.63) is 59.9 Å².